The van der Waals surface area contributed by atoms with Crippen molar-refractivity contribution in [2.75, 3.05) is 0 Å². The van der Waals surface area contributed by atoms with Crippen molar-refractivity contribution in [2.45, 2.75) is 95.2 Å². The smallest absolute Gasteiger partial charge is 0.411 e. The van der Waals surface area contributed by atoms with Gasteiger partial charge in [-0.15, -0.1) is 4.72 Å². The number of nitrogens with zero attached hydrogens (tertiary/aromatic N) is 1. The predicted octanol–water partition coefficient (Wildman–Crippen LogP) is 4.71. The fourth-order valence-electron chi connectivity index (χ4n) is 4.45. The minimum absolute atomic E-state index is 0.200. The second kappa shape index (κ2) is 7.54. The summed E-state index contributed by atoms with van der Waals surface area (Å²) >= 11 is -1.25. The van der Waals surface area contributed by atoms with Crippen LogP contribution in [-0.4, -0.2) is 37.5 Å². The highest BCUT2D eigenvalue weighted by Gasteiger charge is 2.60. The van der Waals surface area contributed by atoms with E-state index in [1.807, 2.05) is 64.6 Å². The number of benzene rings is 1. The number of ether oxygens (including phenoxy) is 1. The quantitative estimate of drug-likeness (QED) is 0.736. The van der Waals surface area contributed by atoms with Crippen molar-refractivity contribution < 1.29 is 14.1 Å². The van der Waals surface area contributed by atoms with Crippen LogP contribution in [0.1, 0.15) is 78.8 Å². The zero-order valence-corrected chi connectivity index (χ0v) is 18.8. The number of carbonyl (C=O) groups excluding carboxylic acids is 1. The molecule has 2 atom stereocenters. The lowest BCUT2D eigenvalue weighted by Crippen LogP contribution is -2.56. The fourth-order valence-corrected chi connectivity index (χ4v) is 5.38. The molecule has 1 N–H and O–H groups in total. The Bertz CT molecular complexity index is 688. The summed E-state index contributed by atoms with van der Waals surface area (Å²) in [5, 5.41) is 0. The number of nitrogens with one attached hydrogen (secondary N) is 1. The highest BCUT2D eigenvalue weighted by molar-refractivity contribution is 7.90. The van der Waals surface area contributed by atoms with E-state index < -0.39 is 27.2 Å². The molecule has 156 valence electrons. The molecule has 2 fully saturated rings. The first-order valence-electron chi connectivity index (χ1n) is 10.2. The van der Waals surface area contributed by atoms with Gasteiger partial charge in [0.05, 0.1) is 5.54 Å². The molecule has 3 rings (SSSR count). The first-order valence-corrected chi connectivity index (χ1v) is 11.3. The van der Waals surface area contributed by atoms with Crippen LogP contribution in [0, 0.1) is 0 Å². The van der Waals surface area contributed by atoms with Crippen LogP contribution in [0.4, 0.5) is 4.79 Å². The molecule has 5 nitrogen and oxygen atoms in total. The van der Waals surface area contributed by atoms with Crippen molar-refractivity contribution in [3.63, 3.8) is 0 Å². The number of rotatable bonds is 4. The molecule has 0 radical (unpaired) electrons. The van der Waals surface area contributed by atoms with Gasteiger partial charge in [0, 0.05) is 17.4 Å². The summed E-state index contributed by atoms with van der Waals surface area (Å²) in [6.45, 7) is 11.6. The summed E-state index contributed by atoms with van der Waals surface area (Å²) in [7, 11) is 0. The zero-order valence-electron chi connectivity index (χ0n) is 18.0. The van der Waals surface area contributed by atoms with Crippen molar-refractivity contribution in [3.05, 3.63) is 35.9 Å². The summed E-state index contributed by atoms with van der Waals surface area (Å²) in [5.41, 5.74) is 0.121. The highest BCUT2D eigenvalue weighted by Crippen LogP contribution is 2.53. The van der Waals surface area contributed by atoms with Gasteiger partial charge in [-0.25, -0.2) is 4.79 Å². The average molecular weight is 407 g/mol. The van der Waals surface area contributed by atoms with Gasteiger partial charge in [-0.2, -0.15) is 0 Å². The Hall–Kier alpha value is -1.24. The number of carbonyl (C=O) groups is 1. The molecule has 1 aromatic rings. The van der Waals surface area contributed by atoms with Gasteiger partial charge in [-0.1, -0.05) is 30.3 Å². The SMILES string of the molecule is CC(C)(C)OC(=O)N1C2CCC1([C@@H](N[S+]([O-])C(C)(C)C)c1ccccc1)CC2. The molecule has 6 heteroatoms. The van der Waals surface area contributed by atoms with Crippen LogP contribution in [-0.2, 0) is 16.1 Å². The summed E-state index contributed by atoms with van der Waals surface area (Å²) in [5.74, 6) is 0. The van der Waals surface area contributed by atoms with Gasteiger partial charge < -0.3 is 9.29 Å². The first kappa shape index (κ1) is 21.5. The van der Waals surface area contributed by atoms with Crippen LogP contribution in [0.15, 0.2) is 30.3 Å². The van der Waals surface area contributed by atoms with Crippen LogP contribution in [0.3, 0.4) is 0 Å². The lowest BCUT2D eigenvalue weighted by molar-refractivity contribution is 0.00417. The van der Waals surface area contributed by atoms with Crippen LogP contribution < -0.4 is 4.72 Å². The zero-order chi connectivity index (χ0) is 20.7. The maximum Gasteiger partial charge on any atom is 0.411 e. The summed E-state index contributed by atoms with van der Waals surface area (Å²) in [4.78, 5) is 15.1. The number of hydrogen-bond acceptors (Lipinski definition) is 4. The second-order valence-corrected chi connectivity index (χ2v) is 12.0. The maximum atomic E-state index is 13.1. The topological polar surface area (TPSA) is 64.6 Å². The van der Waals surface area contributed by atoms with Crippen molar-refractivity contribution in [1.29, 1.82) is 0 Å². The first-order chi connectivity index (χ1) is 12.9. The van der Waals surface area contributed by atoms with Crippen molar-refractivity contribution in [2.24, 2.45) is 0 Å². The summed E-state index contributed by atoms with van der Waals surface area (Å²) < 4.78 is 21.8. The van der Waals surface area contributed by atoms with Gasteiger partial charge in [-0.3, -0.25) is 4.90 Å². The molecule has 0 spiro atoms. The standard InChI is InChI=1S/C22H34N2O3S/c1-20(2,3)27-19(25)24-17-12-14-22(24,15-13-17)18(16-10-8-7-9-11-16)23-28(26)21(4,5)6/h7-11,17-18,23H,12-15H2,1-6H3/t17?,18-,22?,28?/m0/s1. The number of hydrogen-bond donors (Lipinski definition) is 1. The molecule has 1 amide bonds. The third-order valence-electron chi connectivity index (χ3n) is 5.71. The van der Waals surface area contributed by atoms with Gasteiger partial charge in [0.15, 0.2) is 0 Å². The van der Waals surface area contributed by atoms with Crippen molar-refractivity contribution in [3.8, 4) is 0 Å². The Balaban J connectivity index is 1.98. The molecule has 0 aliphatic carbocycles. The van der Waals surface area contributed by atoms with E-state index in [2.05, 4.69) is 16.9 Å². The van der Waals surface area contributed by atoms with Crippen molar-refractivity contribution >= 4 is 17.5 Å². The third kappa shape index (κ3) is 4.19. The molecular formula is C22H34N2O3S. The Morgan fingerprint density at radius 1 is 1.18 bits per heavy atom. The average Bonchev–Trinajstić information content (AvgIpc) is 3.14. The van der Waals surface area contributed by atoms with E-state index in [4.69, 9.17) is 4.74 Å². The summed E-state index contributed by atoms with van der Waals surface area (Å²) in [6.07, 6.45) is 3.46. The highest BCUT2D eigenvalue weighted by atomic mass is 32.2. The lowest BCUT2D eigenvalue weighted by Gasteiger charge is -2.43. The fraction of sp³-hybridized carbons (Fsp3) is 0.682. The molecule has 2 heterocycles. The van der Waals surface area contributed by atoms with Gasteiger partial charge in [0.2, 0.25) is 0 Å². The van der Waals surface area contributed by atoms with Gasteiger partial charge >= 0.3 is 6.09 Å². The van der Waals surface area contributed by atoms with Crippen LogP contribution >= 0.6 is 0 Å². The maximum absolute atomic E-state index is 13.1. The molecule has 1 unspecified atom stereocenters. The van der Waals surface area contributed by atoms with Crippen molar-refractivity contribution in [1.82, 2.24) is 9.62 Å². The third-order valence-corrected chi connectivity index (χ3v) is 7.27. The van der Waals surface area contributed by atoms with E-state index in [0.717, 1.165) is 31.2 Å². The van der Waals surface area contributed by atoms with E-state index in [1.54, 1.807) is 0 Å². The van der Waals surface area contributed by atoms with E-state index >= 15 is 0 Å². The molecule has 0 saturated carbocycles. The number of amides is 1. The Morgan fingerprint density at radius 3 is 2.25 bits per heavy atom. The lowest BCUT2D eigenvalue weighted by atomic mass is 9.79. The van der Waals surface area contributed by atoms with E-state index in [9.17, 15) is 9.35 Å². The number of fused-ring (bicyclic) bond motifs is 2. The van der Waals surface area contributed by atoms with E-state index in [0.29, 0.717) is 0 Å². The monoisotopic (exact) mass is 406 g/mol. The normalized spacial score (nSPS) is 27.0. The minimum atomic E-state index is -1.25. The molecule has 2 bridgehead atoms. The molecule has 28 heavy (non-hydrogen) atoms. The van der Waals surface area contributed by atoms with Crippen LogP contribution in [0.2, 0.25) is 0 Å². The Kier molecular flexibility index (Phi) is 5.78. The van der Waals surface area contributed by atoms with Crippen LogP contribution in [0.25, 0.3) is 0 Å². The largest absolute Gasteiger partial charge is 0.598 e. The molecule has 2 aliphatic heterocycles. The second-order valence-electron chi connectivity index (χ2n) is 10.0. The molecule has 1 aromatic carbocycles. The van der Waals surface area contributed by atoms with Gasteiger partial charge in [-0.05, 0) is 72.8 Å². The Labute approximate surface area is 172 Å². The van der Waals surface area contributed by atoms with Gasteiger partial charge in [0.1, 0.15) is 16.4 Å². The van der Waals surface area contributed by atoms with Gasteiger partial charge in [0.25, 0.3) is 0 Å². The predicted molar refractivity (Wildman–Crippen MR) is 113 cm³/mol. The van der Waals surface area contributed by atoms with E-state index in [-0.39, 0.29) is 18.2 Å². The Morgan fingerprint density at radius 2 is 1.75 bits per heavy atom. The minimum Gasteiger partial charge on any atom is -0.598 e. The van der Waals surface area contributed by atoms with Crippen LogP contribution in [0.5, 0.6) is 0 Å². The molecule has 2 aliphatic rings. The van der Waals surface area contributed by atoms with E-state index in [1.165, 1.54) is 0 Å². The molecule has 2 saturated heterocycles. The molecule has 0 aromatic heterocycles. The summed E-state index contributed by atoms with van der Waals surface area (Å²) in [6, 6.07) is 10.1. The molecular weight excluding hydrogens is 372 g/mol.